The second-order valence-corrected chi connectivity index (χ2v) is 7.71. The van der Waals surface area contributed by atoms with Crippen LogP contribution in [0.5, 0.6) is 0 Å². The summed E-state index contributed by atoms with van der Waals surface area (Å²) < 4.78 is 3.73. The zero-order valence-corrected chi connectivity index (χ0v) is 14.9. The minimum atomic E-state index is -1.73. The first kappa shape index (κ1) is 18.1. The third kappa shape index (κ3) is 5.42. The Bertz CT molecular complexity index is 624. The fraction of sp³-hybridized carbons (Fsp3) is 0.278. The highest BCUT2D eigenvalue weighted by Crippen LogP contribution is 2.42. The van der Waals surface area contributed by atoms with Crippen LogP contribution in [0.3, 0.4) is 0 Å². The van der Waals surface area contributed by atoms with Crippen molar-refractivity contribution in [2.24, 2.45) is 0 Å². The quantitative estimate of drug-likeness (QED) is 0.488. The number of halogens is 3. The van der Waals surface area contributed by atoms with Crippen molar-refractivity contribution in [3.63, 3.8) is 0 Å². The summed E-state index contributed by atoms with van der Waals surface area (Å²) in [5, 5.41) is 0. The van der Waals surface area contributed by atoms with Crippen LogP contribution in [0.2, 0.25) is 0 Å². The van der Waals surface area contributed by atoms with E-state index in [0.717, 1.165) is 5.56 Å². The SMILES string of the molecule is CC(CC(=O)OC(c1ccccc1)C(Cl)(Cl)Cl)c1ccccc1. The molecule has 0 bridgehead atoms. The molecule has 0 aromatic heterocycles. The molecule has 0 aliphatic rings. The second-order valence-electron chi connectivity index (χ2n) is 5.34. The van der Waals surface area contributed by atoms with E-state index >= 15 is 0 Å². The van der Waals surface area contributed by atoms with Crippen molar-refractivity contribution in [2.75, 3.05) is 0 Å². The van der Waals surface area contributed by atoms with Gasteiger partial charge in [-0.05, 0) is 17.0 Å². The molecule has 0 aliphatic carbocycles. The molecule has 0 spiro atoms. The van der Waals surface area contributed by atoms with Crippen LogP contribution >= 0.6 is 34.8 Å². The van der Waals surface area contributed by atoms with E-state index in [4.69, 9.17) is 39.5 Å². The number of rotatable bonds is 5. The van der Waals surface area contributed by atoms with E-state index < -0.39 is 15.9 Å². The van der Waals surface area contributed by atoms with E-state index in [9.17, 15) is 4.79 Å². The molecule has 2 rings (SSSR count). The average Bonchev–Trinajstić information content (AvgIpc) is 2.53. The van der Waals surface area contributed by atoms with Crippen molar-refractivity contribution < 1.29 is 9.53 Å². The van der Waals surface area contributed by atoms with Crippen LogP contribution in [0.1, 0.15) is 36.5 Å². The van der Waals surface area contributed by atoms with E-state index in [1.807, 2.05) is 43.3 Å². The standard InChI is InChI=1S/C18H17Cl3O2/c1-13(14-8-4-2-5-9-14)12-16(22)23-17(18(19,20)21)15-10-6-3-7-11-15/h2-11,13,17H,12H2,1H3. The van der Waals surface area contributed by atoms with E-state index in [-0.39, 0.29) is 12.3 Å². The van der Waals surface area contributed by atoms with Crippen molar-refractivity contribution in [1.82, 2.24) is 0 Å². The van der Waals surface area contributed by atoms with Crippen LogP contribution in [-0.2, 0) is 9.53 Å². The molecule has 0 heterocycles. The van der Waals surface area contributed by atoms with Crippen LogP contribution in [-0.4, -0.2) is 9.76 Å². The van der Waals surface area contributed by atoms with E-state index in [1.54, 1.807) is 24.3 Å². The molecule has 2 aromatic carbocycles. The molecule has 2 unspecified atom stereocenters. The smallest absolute Gasteiger partial charge is 0.307 e. The van der Waals surface area contributed by atoms with Gasteiger partial charge in [-0.3, -0.25) is 4.79 Å². The number of alkyl halides is 3. The zero-order valence-electron chi connectivity index (χ0n) is 12.6. The van der Waals surface area contributed by atoms with Gasteiger partial charge in [-0.15, -0.1) is 0 Å². The number of esters is 1. The first-order valence-corrected chi connectivity index (χ1v) is 8.37. The summed E-state index contributed by atoms with van der Waals surface area (Å²) in [5.41, 5.74) is 1.71. The predicted molar refractivity (Wildman–Crippen MR) is 95.0 cm³/mol. The molecule has 2 nitrogen and oxygen atoms in total. The maximum absolute atomic E-state index is 12.3. The van der Waals surface area contributed by atoms with Gasteiger partial charge in [-0.25, -0.2) is 0 Å². The lowest BCUT2D eigenvalue weighted by atomic mass is 9.98. The third-order valence-corrected chi connectivity index (χ3v) is 4.08. The lowest BCUT2D eigenvalue weighted by Gasteiger charge is -2.25. The largest absolute Gasteiger partial charge is 0.453 e. The first-order chi connectivity index (χ1) is 10.9. The first-order valence-electron chi connectivity index (χ1n) is 7.24. The molecule has 0 aliphatic heterocycles. The summed E-state index contributed by atoms with van der Waals surface area (Å²) in [6.07, 6.45) is -0.724. The highest BCUT2D eigenvalue weighted by atomic mass is 35.6. The normalized spacial score (nSPS) is 14.1. The number of benzene rings is 2. The molecule has 0 radical (unpaired) electrons. The molecule has 0 saturated carbocycles. The Morgan fingerprint density at radius 2 is 1.43 bits per heavy atom. The predicted octanol–water partition coefficient (Wildman–Crippen LogP) is 5.83. The summed E-state index contributed by atoms with van der Waals surface area (Å²) in [6.45, 7) is 1.96. The van der Waals surface area contributed by atoms with Gasteiger partial charge >= 0.3 is 5.97 Å². The molecule has 0 N–H and O–H groups in total. The summed E-state index contributed by atoms with van der Waals surface area (Å²) in [6, 6.07) is 18.7. The number of ether oxygens (including phenoxy) is 1. The minimum absolute atomic E-state index is 0.0236. The highest BCUT2D eigenvalue weighted by molar-refractivity contribution is 6.68. The molecule has 0 fully saturated rings. The van der Waals surface area contributed by atoms with E-state index in [0.29, 0.717) is 5.56 Å². The van der Waals surface area contributed by atoms with Crippen molar-refractivity contribution in [3.05, 3.63) is 71.8 Å². The maximum Gasteiger partial charge on any atom is 0.307 e. The molecule has 0 amide bonds. The van der Waals surface area contributed by atoms with Crippen molar-refractivity contribution in [2.45, 2.75) is 29.2 Å². The zero-order chi connectivity index (χ0) is 16.9. The molecule has 2 aromatic rings. The van der Waals surface area contributed by atoms with Gasteiger partial charge in [0.05, 0.1) is 6.42 Å². The minimum Gasteiger partial charge on any atom is -0.453 e. The highest BCUT2D eigenvalue weighted by Gasteiger charge is 2.37. The Labute approximate surface area is 151 Å². The molecular formula is C18H17Cl3O2. The van der Waals surface area contributed by atoms with Gasteiger partial charge < -0.3 is 4.74 Å². The summed E-state index contributed by atoms with van der Waals surface area (Å²) >= 11 is 18.0. The molecule has 0 saturated heterocycles. The molecule has 5 heteroatoms. The van der Waals surface area contributed by atoms with E-state index in [2.05, 4.69) is 0 Å². The van der Waals surface area contributed by atoms with Crippen LogP contribution in [0, 0.1) is 0 Å². The van der Waals surface area contributed by atoms with Crippen LogP contribution in [0.25, 0.3) is 0 Å². The maximum atomic E-state index is 12.3. The lowest BCUT2D eigenvalue weighted by Crippen LogP contribution is -2.24. The Kier molecular flexibility index (Phi) is 6.34. The second kappa shape index (κ2) is 8.05. The Hall–Kier alpha value is -1.22. The monoisotopic (exact) mass is 370 g/mol. The number of hydrogen-bond donors (Lipinski definition) is 0. The number of carbonyl (C=O) groups is 1. The van der Waals surface area contributed by atoms with Crippen LogP contribution in [0.15, 0.2) is 60.7 Å². The van der Waals surface area contributed by atoms with Gasteiger partial charge in [-0.2, -0.15) is 0 Å². The molecule has 2 atom stereocenters. The van der Waals surface area contributed by atoms with Gasteiger partial charge in [0.25, 0.3) is 0 Å². The van der Waals surface area contributed by atoms with Crippen LogP contribution in [0.4, 0.5) is 0 Å². The Morgan fingerprint density at radius 1 is 0.957 bits per heavy atom. The van der Waals surface area contributed by atoms with Crippen molar-refractivity contribution in [1.29, 1.82) is 0 Å². The van der Waals surface area contributed by atoms with Crippen LogP contribution < -0.4 is 0 Å². The molecular weight excluding hydrogens is 355 g/mol. The van der Waals surface area contributed by atoms with Crippen molar-refractivity contribution in [3.8, 4) is 0 Å². The molecule has 122 valence electrons. The summed E-state index contributed by atoms with van der Waals surface area (Å²) in [5.74, 6) is -0.378. The van der Waals surface area contributed by atoms with Gasteiger partial charge in [-0.1, -0.05) is 102 Å². The average molecular weight is 372 g/mol. The van der Waals surface area contributed by atoms with E-state index in [1.165, 1.54) is 0 Å². The fourth-order valence-electron chi connectivity index (χ4n) is 2.28. The fourth-order valence-corrected chi connectivity index (χ4v) is 2.79. The Morgan fingerprint density at radius 3 is 1.91 bits per heavy atom. The van der Waals surface area contributed by atoms with Gasteiger partial charge in [0, 0.05) is 0 Å². The summed E-state index contributed by atoms with van der Waals surface area (Å²) in [4.78, 5) is 12.3. The molecule has 23 heavy (non-hydrogen) atoms. The Balaban J connectivity index is 2.07. The van der Waals surface area contributed by atoms with Gasteiger partial charge in [0.2, 0.25) is 3.79 Å². The third-order valence-electron chi connectivity index (χ3n) is 3.49. The van der Waals surface area contributed by atoms with Gasteiger partial charge in [0.1, 0.15) is 0 Å². The topological polar surface area (TPSA) is 26.3 Å². The number of hydrogen-bond acceptors (Lipinski definition) is 2. The lowest BCUT2D eigenvalue weighted by molar-refractivity contribution is -0.149. The van der Waals surface area contributed by atoms with Crippen molar-refractivity contribution >= 4 is 40.8 Å². The van der Waals surface area contributed by atoms with Gasteiger partial charge in [0.15, 0.2) is 6.10 Å². The summed E-state index contributed by atoms with van der Waals surface area (Å²) in [7, 11) is 0. The number of carbonyl (C=O) groups excluding carboxylic acids is 1.